The molecule has 1 saturated heterocycles. The first-order chi connectivity index (χ1) is 16.0. The first-order valence-corrected chi connectivity index (χ1v) is 11.4. The Morgan fingerprint density at radius 3 is 2.91 bits per heavy atom. The van der Waals surface area contributed by atoms with Gasteiger partial charge in [-0.25, -0.2) is 8.78 Å². The number of aromatic nitrogens is 2. The Morgan fingerprint density at radius 2 is 2.09 bits per heavy atom. The van der Waals surface area contributed by atoms with Crippen molar-refractivity contribution in [3.8, 4) is 17.2 Å². The highest BCUT2D eigenvalue weighted by Crippen LogP contribution is 2.44. The minimum Gasteiger partial charge on any atom is -0.389 e. The molecule has 10 heteroatoms. The van der Waals surface area contributed by atoms with Crippen molar-refractivity contribution < 1.29 is 13.6 Å². The van der Waals surface area contributed by atoms with Crippen LogP contribution in [-0.2, 0) is 6.54 Å². The lowest BCUT2D eigenvalue weighted by Gasteiger charge is -2.37. The van der Waals surface area contributed by atoms with E-state index in [0.717, 1.165) is 17.8 Å². The molecular weight excluding hydrogens is 446 g/mol. The summed E-state index contributed by atoms with van der Waals surface area (Å²) >= 11 is 0.963. The second-order valence-electron chi connectivity index (χ2n) is 8.31. The lowest BCUT2D eigenvalue weighted by Crippen LogP contribution is -2.54. The van der Waals surface area contributed by atoms with Gasteiger partial charge < -0.3 is 16.0 Å². The summed E-state index contributed by atoms with van der Waals surface area (Å²) in [4.78, 5) is 15.3. The highest BCUT2D eigenvalue weighted by atomic mass is 32.1. The van der Waals surface area contributed by atoms with Crippen LogP contribution >= 0.6 is 11.3 Å². The van der Waals surface area contributed by atoms with Gasteiger partial charge in [0, 0.05) is 48.6 Å². The third-order valence-corrected chi connectivity index (χ3v) is 7.62. The zero-order valence-corrected chi connectivity index (χ0v) is 18.2. The average molecular weight is 465 g/mol. The van der Waals surface area contributed by atoms with Crippen LogP contribution in [0.25, 0.3) is 32.1 Å². The number of hydrogen-bond acceptors (Lipinski definition) is 6. The Kier molecular flexibility index (Phi) is 4.40. The van der Waals surface area contributed by atoms with Gasteiger partial charge in [-0.2, -0.15) is 10.4 Å². The fraction of sp³-hybridized carbons (Fsp3) is 0.261. The molecule has 0 saturated carbocycles. The Bertz CT molecular complexity index is 1520. The minimum absolute atomic E-state index is 0.0186. The number of nitrogens with one attached hydrogen (secondary N) is 1. The van der Waals surface area contributed by atoms with Crippen molar-refractivity contribution >= 4 is 43.2 Å². The number of benzene rings is 2. The molecule has 2 aromatic carbocycles. The highest BCUT2D eigenvalue weighted by Gasteiger charge is 2.33. The number of hydrogen-bond donors (Lipinski definition) is 2. The van der Waals surface area contributed by atoms with Gasteiger partial charge in [-0.3, -0.25) is 9.48 Å². The number of carbonyl (C=O) groups is 1. The van der Waals surface area contributed by atoms with E-state index in [2.05, 4.69) is 10.4 Å². The van der Waals surface area contributed by atoms with Gasteiger partial charge in [-0.1, -0.05) is 6.07 Å². The van der Waals surface area contributed by atoms with E-state index in [0.29, 0.717) is 42.6 Å². The van der Waals surface area contributed by atoms with Crippen molar-refractivity contribution in [2.45, 2.75) is 19.0 Å². The molecule has 0 spiro atoms. The van der Waals surface area contributed by atoms with Crippen molar-refractivity contribution in [3.63, 3.8) is 0 Å². The number of thiophene rings is 1. The van der Waals surface area contributed by atoms with Crippen LogP contribution in [0.15, 0.2) is 24.4 Å². The van der Waals surface area contributed by atoms with Crippen LogP contribution in [-0.4, -0.2) is 46.3 Å². The Hall–Kier alpha value is -3.55. The van der Waals surface area contributed by atoms with E-state index in [9.17, 15) is 14.4 Å². The first kappa shape index (κ1) is 20.1. The van der Waals surface area contributed by atoms with Gasteiger partial charge >= 0.3 is 0 Å². The molecule has 2 aromatic heterocycles. The van der Waals surface area contributed by atoms with E-state index in [1.807, 2.05) is 11.0 Å². The van der Waals surface area contributed by atoms with E-state index >= 15 is 4.39 Å². The zero-order valence-electron chi connectivity index (χ0n) is 17.4. The summed E-state index contributed by atoms with van der Waals surface area (Å²) < 4.78 is 32.3. The summed E-state index contributed by atoms with van der Waals surface area (Å²) in [6, 6.07) is 6.00. The molecule has 2 aliphatic heterocycles. The second-order valence-corrected chi connectivity index (χ2v) is 9.36. The lowest BCUT2D eigenvalue weighted by atomic mass is 9.93. The number of halogens is 2. The molecule has 1 unspecified atom stereocenters. The average Bonchev–Trinajstić information content (AvgIpc) is 3.38. The van der Waals surface area contributed by atoms with Gasteiger partial charge in [0.2, 0.25) is 0 Å². The lowest BCUT2D eigenvalue weighted by molar-refractivity contribution is 0.0613. The molecule has 33 heavy (non-hydrogen) atoms. The molecule has 166 valence electrons. The largest absolute Gasteiger partial charge is 0.389 e. The van der Waals surface area contributed by atoms with Crippen LogP contribution in [0.3, 0.4) is 0 Å². The Balaban J connectivity index is 1.66. The number of nitrogens with zero attached hydrogens (tertiary/aromatic N) is 4. The number of nitriles is 1. The topological polar surface area (TPSA) is 100.0 Å². The molecule has 1 fully saturated rings. The van der Waals surface area contributed by atoms with E-state index in [4.69, 9.17) is 5.73 Å². The highest BCUT2D eigenvalue weighted by molar-refractivity contribution is 7.23. The van der Waals surface area contributed by atoms with Gasteiger partial charge in [0.25, 0.3) is 5.91 Å². The molecule has 0 bridgehead atoms. The normalized spacial score (nSPS) is 18.3. The fourth-order valence-corrected chi connectivity index (χ4v) is 6.02. The zero-order chi connectivity index (χ0) is 22.9. The number of anilines is 1. The van der Waals surface area contributed by atoms with Crippen molar-refractivity contribution in [1.82, 2.24) is 20.0 Å². The minimum atomic E-state index is -0.626. The standard InChI is InChI=1S/C23H18F2N6OS/c24-16-2-1-12(19-14(8-26)22(27)33-21(16)19)18-15-10-29-31-5-3-11-9-28-4-6-30(11)23(32)13(20(15)31)7-17(18)25/h1-2,7,10-11,28H,3-6,9,27H2. The summed E-state index contributed by atoms with van der Waals surface area (Å²) in [7, 11) is 0. The van der Waals surface area contributed by atoms with Crippen molar-refractivity contribution in [2.24, 2.45) is 0 Å². The van der Waals surface area contributed by atoms with Crippen LogP contribution in [0.4, 0.5) is 13.8 Å². The molecule has 4 heterocycles. The smallest absolute Gasteiger partial charge is 0.256 e. The van der Waals surface area contributed by atoms with Crippen molar-refractivity contribution in [2.75, 3.05) is 25.4 Å². The first-order valence-electron chi connectivity index (χ1n) is 10.6. The maximum atomic E-state index is 15.8. The van der Waals surface area contributed by atoms with Gasteiger partial charge in [0.15, 0.2) is 0 Å². The fourth-order valence-electron chi connectivity index (χ4n) is 5.08. The third-order valence-electron chi connectivity index (χ3n) is 6.59. The Morgan fingerprint density at radius 1 is 1.24 bits per heavy atom. The number of nitrogen functional groups attached to an aromatic ring is 1. The molecule has 1 amide bonds. The van der Waals surface area contributed by atoms with Gasteiger partial charge in [-0.15, -0.1) is 11.3 Å². The van der Waals surface area contributed by atoms with E-state index in [1.165, 1.54) is 18.2 Å². The van der Waals surface area contributed by atoms with Crippen molar-refractivity contribution in [1.29, 1.82) is 5.26 Å². The van der Waals surface area contributed by atoms with Crippen LogP contribution < -0.4 is 11.1 Å². The molecule has 6 rings (SSSR count). The quantitative estimate of drug-likeness (QED) is 0.449. The molecule has 4 aromatic rings. The molecule has 3 N–H and O–H groups in total. The number of piperazine rings is 1. The molecular formula is C23H18F2N6OS. The van der Waals surface area contributed by atoms with E-state index < -0.39 is 11.6 Å². The van der Waals surface area contributed by atoms with Gasteiger partial charge in [-0.05, 0) is 24.1 Å². The summed E-state index contributed by atoms with van der Waals surface area (Å²) in [5.41, 5.74) is 7.44. The number of aryl methyl sites for hydroxylation is 1. The monoisotopic (exact) mass is 464 g/mol. The van der Waals surface area contributed by atoms with Crippen LogP contribution in [0, 0.1) is 23.0 Å². The maximum absolute atomic E-state index is 15.8. The van der Waals surface area contributed by atoms with Gasteiger partial charge in [0.1, 0.15) is 22.7 Å². The Labute approximate surface area is 191 Å². The predicted molar refractivity (Wildman–Crippen MR) is 122 cm³/mol. The number of amides is 1. The van der Waals surface area contributed by atoms with Crippen LogP contribution in [0.5, 0.6) is 0 Å². The number of carbonyl (C=O) groups excluding carboxylic acids is 1. The van der Waals surface area contributed by atoms with E-state index in [1.54, 1.807) is 10.9 Å². The predicted octanol–water partition coefficient (Wildman–Crippen LogP) is 3.47. The number of nitrogens with two attached hydrogens (primary N) is 1. The third kappa shape index (κ3) is 2.79. The molecule has 0 aliphatic carbocycles. The second kappa shape index (κ2) is 7.23. The molecule has 0 radical (unpaired) electrons. The number of fused-ring (bicyclic) bond motifs is 2. The summed E-state index contributed by atoms with van der Waals surface area (Å²) in [5, 5.41) is 18.3. The summed E-state index contributed by atoms with van der Waals surface area (Å²) in [6.07, 6.45) is 2.27. The molecule has 2 aliphatic rings. The van der Waals surface area contributed by atoms with Gasteiger partial charge in [0.05, 0.1) is 27.5 Å². The molecule has 7 nitrogen and oxygen atoms in total. The summed E-state index contributed by atoms with van der Waals surface area (Å²) in [5.74, 6) is -1.37. The van der Waals surface area contributed by atoms with E-state index in [-0.39, 0.29) is 43.7 Å². The van der Waals surface area contributed by atoms with Crippen LogP contribution in [0.1, 0.15) is 22.3 Å². The maximum Gasteiger partial charge on any atom is 0.256 e. The molecule has 1 atom stereocenters. The SMILES string of the molecule is N#Cc1c(N)sc2c(F)ccc(-c3c(F)cc4c5c3cnn5CCC3CNCCN3C4=O)c12. The van der Waals surface area contributed by atoms with Crippen molar-refractivity contribution in [3.05, 3.63) is 47.2 Å². The number of rotatable bonds is 1. The summed E-state index contributed by atoms with van der Waals surface area (Å²) in [6.45, 7) is 2.51. The van der Waals surface area contributed by atoms with Crippen LogP contribution in [0.2, 0.25) is 0 Å².